The Balaban J connectivity index is 2.29. The van der Waals surface area contributed by atoms with E-state index in [0.717, 1.165) is 19.5 Å². The van der Waals surface area contributed by atoms with Crippen molar-refractivity contribution in [1.29, 1.82) is 0 Å². The molecule has 0 saturated carbocycles. The van der Waals surface area contributed by atoms with Gasteiger partial charge in [-0.1, -0.05) is 42.5 Å². The average Bonchev–Trinajstić information content (AvgIpc) is 2.43. The Kier molecular flexibility index (Phi) is 4.34. The molecule has 0 fully saturated rings. The van der Waals surface area contributed by atoms with Gasteiger partial charge >= 0.3 is 0 Å². The largest absolute Gasteiger partial charge is 0.330 e. The van der Waals surface area contributed by atoms with E-state index in [1.54, 1.807) is 0 Å². The standard InChI is InChI=1S/C16H22N2/c1-13(18(2)12-6-11-17)15-10-5-8-14-7-3-4-9-16(14)15/h3-5,7-10,13H,6,11-12,17H2,1-2H3. The van der Waals surface area contributed by atoms with E-state index in [0.29, 0.717) is 6.04 Å². The highest BCUT2D eigenvalue weighted by atomic mass is 15.1. The van der Waals surface area contributed by atoms with Crippen molar-refractivity contribution in [3.8, 4) is 0 Å². The molecule has 1 unspecified atom stereocenters. The van der Waals surface area contributed by atoms with Gasteiger partial charge in [-0.25, -0.2) is 0 Å². The van der Waals surface area contributed by atoms with Crippen LogP contribution in [0.1, 0.15) is 24.9 Å². The number of nitrogens with two attached hydrogens (primary N) is 1. The molecule has 1 atom stereocenters. The number of nitrogens with zero attached hydrogens (tertiary/aromatic N) is 1. The second kappa shape index (κ2) is 5.98. The van der Waals surface area contributed by atoms with E-state index < -0.39 is 0 Å². The first-order valence-corrected chi connectivity index (χ1v) is 6.62. The molecule has 0 aliphatic heterocycles. The van der Waals surface area contributed by atoms with Gasteiger partial charge in [-0.05, 0) is 49.8 Å². The van der Waals surface area contributed by atoms with E-state index in [1.165, 1.54) is 16.3 Å². The van der Waals surface area contributed by atoms with Crippen molar-refractivity contribution in [3.05, 3.63) is 48.0 Å². The van der Waals surface area contributed by atoms with E-state index in [9.17, 15) is 0 Å². The summed E-state index contributed by atoms with van der Waals surface area (Å²) in [6, 6.07) is 15.5. The SMILES string of the molecule is CC(c1cccc2ccccc12)N(C)CCCN. The van der Waals surface area contributed by atoms with Crippen molar-refractivity contribution in [3.63, 3.8) is 0 Å². The summed E-state index contributed by atoms with van der Waals surface area (Å²) < 4.78 is 0. The van der Waals surface area contributed by atoms with Crippen LogP contribution in [0.25, 0.3) is 10.8 Å². The molecule has 18 heavy (non-hydrogen) atoms. The van der Waals surface area contributed by atoms with Crippen LogP contribution in [0.15, 0.2) is 42.5 Å². The van der Waals surface area contributed by atoms with Crippen LogP contribution < -0.4 is 5.73 Å². The molecule has 0 heterocycles. The lowest BCUT2D eigenvalue weighted by Gasteiger charge is -2.26. The second-order valence-electron chi connectivity index (χ2n) is 4.87. The molecule has 0 radical (unpaired) electrons. The van der Waals surface area contributed by atoms with Gasteiger partial charge in [0.1, 0.15) is 0 Å². The molecule has 0 aliphatic rings. The van der Waals surface area contributed by atoms with Crippen LogP contribution in [0.3, 0.4) is 0 Å². The van der Waals surface area contributed by atoms with Gasteiger partial charge < -0.3 is 5.73 Å². The highest BCUT2D eigenvalue weighted by Gasteiger charge is 2.13. The van der Waals surface area contributed by atoms with Gasteiger partial charge in [-0.3, -0.25) is 4.90 Å². The van der Waals surface area contributed by atoms with Crippen molar-refractivity contribution >= 4 is 10.8 Å². The molecule has 0 aliphatic carbocycles. The zero-order valence-corrected chi connectivity index (χ0v) is 11.3. The Hall–Kier alpha value is -1.38. The number of benzene rings is 2. The third-order valence-corrected chi connectivity index (χ3v) is 3.65. The summed E-state index contributed by atoms with van der Waals surface area (Å²) in [5.74, 6) is 0. The molecule has 96 valence electrons. The highest BCUT2D eigenvalue weighted by molar-refractivity contribution is 5.86. The fraction of sp³-hybridized carbons (Fsp3) is 0.375. The van der Waals surface area contributed by atoms with Gasteiger partial charge in [-0.15, -0.1) is 0 Å². The molecule has 2 heteroatoms. The smallest absolute Gasteiger partial charge is 0.0322 e. The lowest BCUT2D eigenvalue weighted by molar-refractivity contribution is 0.261. The summed E-state index contributed by atoms with van der Waals surface area (Å²) >= 11 is 0. The number of hydrogen-bond acceptors (Lipinski definition) is 2. The zero-order chi connectivity index (χ0) is 13.0. The molecule has 2 rings (SSSR count). The average molecular weight is 242 g/mol. The van der Waals surface area contributed by atoms with E-state index in [1.807, 2.05) is 0 Å². The molecule has 2 N–H and O–H groups in total. The van der Waals surface area contributed by atoms with Crippen molar-refractivity contribution < 1.29 is 0 Å². The molecular weight excluding hydrogens is 220 g/mol. The van der Waals surface area contributed by atoms with Gasteiger partial charge in [0.05, 0.1) is 0 Å². The number of rotatable bonds is 5. The summed E-state index contributed by atoms with van der Waals surface area (Å²) in [4.78, 5) is 2.37. The van der Waals surface area contributed by atoms with Gasteiger partial charge in [0.15, 0.2) is 0 Å². The maximum absolute atomic E-state index is 5.58. The molecule has 0 aromatic heterocycles. The summed E-state index contributed by atoms with van der Waals surface area (Å²) in [5.41, 5.74) is 6.98. The van der Waals surface area contributed by atoms with Crippen molar-refractivity contribution in [2.24, 2.45) is 5.73 Å². The minimum absolute atomic E-state index is 0.419. The summed E-state index contributed by atoms with van der Waals surface area (Å²) in [5, 5.41) is 2.67. The molecule has 2 aromatic carbocycles. The lowest BCUT2D eigenvalue weighted by atomic mass is 9.99. The number of fused-ring (bicyclic) bond motifs is 1. The Bertz CT molecular complexity index is 502. The zero-order valence-electron chi connectivity index (χ0n) is 11.3. The molecule has 2 nitrogen and oxygen atoms in total. The van der Waals surface area contributed by atoms with Gasteiger partial charge in [0, 0.05) is 6.04 Å². The molecular formula is C16H22N2. The van der Waals surface area contributed by atoms with Crippen LogP contribution in [0.5, 0.6) is 0 Å². The Morgan fingerprint density at radius 1 is 1.11 bits per heavy atom. The molecule has 0 spiro atoms. The Morgan fingerprint density at radius 2 is 1.83 bits per heavy atom. The summed E-state index contributed by atoms with van der Waals surface area (Å²) in [6.07, 6.45) is 1.05. The summed E-state index contributed by atoms with van der Waals surface area (Å²) in [6.45, 7) is 4.06. The minimum Gasteiger partial charge on any atom is -0.330 e. The maximum Gasteiger partial charge on any atom is 0.0322 e. The predicted molar refractivity (Wildman–Crippen MR) is 78.7 cm³/mol. The Labute approximate surface area is 109 Å². The third-order valence-electron chi connectivity index (χ3n) is 3.65. The van der Waals surface area contributed by atoms with E-state index in [4.69, 9.17) is 5.73 Å². The second-order valence-corrected chi connectivity index (χ2v) is 4.87. The van der Waals surface area contributed by atoms with Crippen LogP contribution >= 0.6 is 0 Å². The van der Waals surface area contributed by atoms with E-state index in [2.05, 4.69) is 61.3 Å². The van der Waals surface area contributed by atoms with Crippen LogP contribution in [-0.2, 0) is 0 Å². The maximum atomic E-state index is 5.58. The van der Waals surface area contributed by atoms with E-state index in [-0.39, 0.29) is 0 Å². The monoisotopic (exact) mass is 242 g/mol. The van der Waals surface area contributed by atoms with Crippen LogP contribution in [0.4, 0.5) is 0 Å². The van der Waals surface area contributed by atoms with Crippen molar-refractivity contribution in [1.82, 2.24) is 4.90 Å². The molecule has 2 aromatic rings. The fourth-order valence-corrected chi connectivity index (χ4v) is 2.39. The first-order valence-electron chi connectivity index (χ1n) is 6.62. The van der Waals surface area contributed by atoms with Gasteiger partial charge in [0.25, 0.3) is 0 Å². The van der Waals surface area contributed by atoms with Gasteiger partial charge in [-0.2, -0.15) is 0 Å². The number of hydrogen-bond donors (Lipinski definition) is 1. The fourth-order valence-electron chi connectivity index (χ4n) is 2.39. The van der Waals surface area contributed by atoms with Crippen LogP contribution in [0.2, 0.25) is 0 Å². The minimum atomic E-state index is 0.419. The quantitative estimate of drug-likeness (QED) is 0.872. The molecule has 0 saturated heterocycles. The van der Waals surface area contributed by atoms with Crippen LogP contribution in [0, 0.1) is 0 Å². The van der Waals surface area contributed by atoms with Gasteiger partial charge in [0.2, 0.25) is 0 Å². The third kappa shape index (κ3) is 2.71. The highest BCUT2D eigenvalue weighted by Crippen LogP contribution is 2.27. The summed E-state index contributed by atoms with van der Waals surface area (Å²) in [7, 11) is 2.17. The van der Waals surface area contributed by atoms with Crippen molar-refractivity contribution in [2.75, 3.05) is 20.1 Å². The topological polar surface area (TPSA) is 29.3 Å². The van der Waals surface area contributed by atoms with Crippen LogP contribution in [-0.4, -0.2) is 25.0 Å². The molecule has 0 bridgehead atoms. The first-order chi connectivity index (χ1) is 8.74. The normalized spacial score (nSPS) is 13.1. The first kappa shape index (κ1) is 13.1. The Morgan fingerprint density at radius 3 is 2.61 bits per heavy atom. The lowest BCUT2D eigenvalue weighted by Crippen LogP contribution is -2.25. The van der Waals surface area contributed by atoms with Crippen molar-refractivity contribution in [2.45, 2.75) is 19.4 Å². The molecule has 0 amide bonds. The van der Waals surface area contributed by atoms with E-state index >= 15 is 0 Å². The predicted octanol–water partition coefficient (Wildman–Crippen LogP) is 3.18.